The van der Waals surface area contributed by atoms with Crippen LogP contribution >= 0.6 is 0 Å². The molecule has 6 aliphatic carbocycles. The van der Waals surface area contributed by atoms with Crippen molar-refractivity contribution in [3.8, 4) is 0 Å². The van der Waals surface area contributed by atoms with Crippen LogP contribution in [0.4, 0.5) is 0 Å². The Bertz CT molecular complexity index is 893. The molecular weight excluding hydrogens is 348 g/mol. The number of allylic oxidation sites excluding steroid dienone is 3. The van der Waals surface area contributed by atoms with Gasteiger partial charge in [0.15, 0.2) is 5.78 Å². The highest BCUT2D eigenvalue weighted by Crippen LogP contribution is 2.80. The monoisotopic (exact) mass is 378 g/mol. The van der Waals surface area contributed by atoms with E-state index in [0.717, 1.165) is 18.8 Å². The fraction of sp³-hybridized carbons (Fsp3) is 0.760. The molecule has 2 spiro atoms. The maximum atomic E-state index is 12.3. The molecule has 0 N–H and O–H groups in total. The molecule has 0 aromatic rings. The number of rotatable bonds is 0. The van der Waals surface area contributed by atoms with Gasteiger partial charge in [0.2, 0.25) is 0 Å². The number of esters is 1. The third-order valence-corrected chi connectivity index (χ3v) is 10.7. The minimum Gasteiger partial charge on any atom is -0.458 e. The molecular formula is C25H30O3. The van der Waals surface area contributed by atoms with E-state index in [1.807, 2.05) is 0 Å². The van der Waals surface area contributed by atoms with Gasteiger partial charge in [0.05, 0.1) is 0 Å². The van der Waals surface area contributed by atoms with Crippen molar-refractivity contribution in [2.75, 3.05) is 0 Å². The molecule has 7 rings (SSSR count). The summed E-state index contributed by atoms with van der Waals surface area (Å²) < 4.78 is 6.18. The molecule has 28 heavy (non-hydrogen) atoms. The van der Waals surface area contributed by atoms with Crippen molar-refractivity contribution in [2.45, 2.75) is 70.8 Å². The second-order valence-corrected chi connectivity index (χ2v) is 11.7. The molecule has 0 bridgehead atoms. The summed E-state index contributed by atoms with van der Waals surface area (Å²) in [6.45, 7) is 4.87. The van der Waals surface area contributed by atoms with E-state index in [4.69, 9.17) is 4.74 Å². The second-order valence-electron chi connectivity index (χ2n) is 11.7. The topological polar surface area (TPSA) is 43.4 Å². The minimum absolute atomic E-state index is 0.00601. The zero-order valence-corrected chi connectivity index (χ0v) is 17.0. The van der Waals surface area contributed by atoms with E-state index in [2.05, 4.69) is 32.1 Å². The van der Waals surface area contributed by atoms with Gasteiger partial charge in [-0.2, -0.15) is 0 Å². The molecule has 0 aromatic carbocycles. The molecule has 0 amide bonds. The van der Waals surface area contributed by atoms with Crippen LogP contribution in [-0.4, -0.2) is 17.4 Å². The molecule has 8 atom stereocenters. The van der Waals surface area contributed by atoms with E-state index in [9.17, 15) is 9.59 Å². The van der Waals surface area contributed by atoms with Gasteiger partial charge in [-0.3, -0.25) is 9.59 Å². The van der Waals surface area contributed by atoms with Crippen molar-refractivity contribution >= 4 is 11.8 Å². The molecule has 5 fully saturated rings. The standard InChI is InChI=1S/C25H30O3/c1-22-6-3-14(26)11-19(22)24(9-10-24)13-16-17(22)4-7-23(2)21(16)15-12-18(15)25(23)8-5-20(27)28-25/h4,7,11,15-18,21H,3,5-6,8-10,12-13H2,1-2H3. The lowest BCUT2D eigenvalue weighted by Crippen LogP contribution is -2.56. The van der Waals surface area contributed by atoms with Gasteiger partial charge in [-0.1, -0.05) is 31.6 Å². The molecule has 0 radical (unpaired) electrons. The summed E-state index contributed by atoms with van der Waals surface area (Å²) in [4.78, 5) is 24.5. The van der Waals surface area contributed by atoms with Crippen molar-refractivity contribution in [1.29, 1.82) is 0 Å². The number of fused-ring (bicyclic) bond motifs is 10. The highest BCUT2D eigenvalue weighted by atomic mass is 16.6. The number of carbonyl (C=O) groups is 2. The zero-order valence-electron chi connectivity index (χ0n) is 17.0. The Morgan fingerprint density at radius 3 is 2.57 bits per heavy atom. The number of hydrogen-bond donors (Lipinski definition) is 0. The predicted molar refractivity (Wildman–Crippen MR) is 104 cm³/mol. The van der Waals surface area contributed by atoms with Crippen LogP contribution in [0.2, 0.25) is 0 Å². The molecule has 148 valence electrons. The lowest BCUT2D eigenvalue weighted by molar-refractivity contribution is -0.162. The summed E-state index contributed by atoms with van der Waals surface area (Å²) in [5.74, 6) is 3.57. The van der Waals surface area contributed by atoms with Gasteiger partial charge in [-0.15, -0.1) is 0 Å². The smallest absolute Gasteiger partial charge is 0.306 e. The summed E-state index contributed by atoms with van der Waals surface area (Å²) in [5.41, 5.74) is 1.74. The first-order valence-electron chi connectivity index (χ1n) is 11.5. The van der Waals surface area contributed by atoms with Crippen molar-refractivity contribution in [1.82, 2.24) is 0 Å². The SMILES string of the molecule is CC12CCC(=O)C=C1C1(CC1)CC1C2C=CC2(C)C1C1CC1C21CCC(=O)O1. The summed E-state index contributed by atoms with van der Waals surface area (Å²) in [7, 11) is 0. The van der Waals surface area contributed by atoms with Crippen molar-refractivity contribution in [2.24, 2.45) is 45.8 Å². The average Bonchev–Trinajstić information content (AvgIpc) is 3.55. The van der Waals surface area contributed by atoms with E-state index in [0.29, 0.717) is 47.7 Å². The van der Waals surface area contributed by atoms with E-state index in [1.54, 1.807) is 0 Å². The van der Waals surface area contributed by atoms with Crippen LogP contribution in [0.5, 0.6) is 0 Å². The fourth-order valence-electron chi connectivity index (χ4n) is 9.34. The van der Waals surface area contributed by atoms with Crippen molar-refractivity contribution < 1.29 is 14.3 Å². The average molecular weight is 379 g/mol. The van der Waals surface area contributed by atoms with Crippen LogP contribution in [0.1, 0.15) is 65.2 Å². The van der Waals surface area contributed by atoms with Crippen LogP contribution in [0.3, 0.4) is 0 Å². The predicted octanol–water partition coefficient (Wildman–Crippen LogP) is 4.62. The molecule has 3 nitrogen and oxygen atoms in total. The summed E-state index contributed by atoms with van der Waals surface area (Å²) in [6.07, 6.45) is 15.4. The quantitative estimate of drug-likeness (QED) is 0.456. The van der Waals surface area contributed by atoms with E-state index in [-0.39, 0.29) is 22.4 Å². The summed E-state index contributed by atoms with van der Waals surface area (Å²) in [6, 6.07) is 0. The third-order valence-electron chi connectivity index (χ3n) is 10.7. The van der Waals surface area contributed by atoms with E-state index < -0.39 is 0 Å². The number of carbonyl (C=O) groups excluding carboxylic acids is 2. The van der Waals surface area contributed by atoms with Crippen LogP contribution in [0.25, 0.3) is 0 Å². The van der Waals surface area contributed by atoms with E-state index >= 15 is 0 Å². The maximum Gasteiger partial charge on any atom is 0.306 e. The Balaban J connectivity index is 1.38. The molecule has 3 heteroatoms. The first-order chi connectivity index (χ1) is 13.3. The number of hydrogen-bond acceptors (Lipinski definition) is 3. The van der Waals surface area contributed by atoms with Gasteiger partial charge < -0.3 is 4.74 Å². The second kappa shape index (κ2) is 4.52. The lowest BCUT2D eigenvalue weighted by Gasteiger charge is -2.59. The Morgan fingerprint density at radius 2 is 1.86 bits per heavy atom. The zero-order chi connectivity index (χ0) is 19.1. The van der Waals surface area contributed by atoms with Gasteiger partial charge in [0, 0.05) is 24.2 Å². The highest BCUT2D eigenvalue weighted by molar-refractivity contribution is 5.92. The molecule has 1 aliphatic heterocycles. The van der Waals surface area contributed by atoms with Crippen LogP contribution in [0.15, 0.2) is 23.8 Å². The Kier molecular flexibility index (Phi) is 2.65. The van der Waals surface area contributed by atoms with Gasteiger partial charge in [-0.05, 0) is 79.1 Å². The Hall–Kier alpha value is -1.38. The first-order valence-corrected chi connectivity index (χ1v) is 11.5. The van der Waals surface area contributed by atoms with Crippen molar-refractivity contribution in [3.63, 3.8) is 0 Å². The Morgan fingerprint density at radius 1 is 1.04 bits per heavy atom. The third kappa shape index (κ3) is 1.60. The van der Waals surface area contributed by atoms with Crippen LogP contribution in [-0.2, 0) is 14.3 Å². The van der Waals surface area contributed by atoms with Gasteiger partial charge >= 0.3 is 5.97 Å². The summed E-state index contributed by atoms with van der Waals surface area (Å²) >= 11 is 0. The van der Waals surface area contributed by atoms with Gasteiger partial charge in [0.1, 0.15) is 5.60 Å². The largest absolute Gasteiger partial charge is 0.458 e. The highest BCUT2D eigenvalue weighted by Gasteiger charge is 2.79. The molecule has 8 unspecified atom stereocenters. The minimum atomic E-state index is -0.225. The molecule has 1 saturated heterocycles. The molecule has 1 heterocycles. The summed E-state index contributed by atoms with van der Waals surface area (Å²) in [5, 5.41) is 0. The normalized spacial score (nSPS) is 56.6. The van der Waals surface area contributed by atoms with Crippen molar-refractivity contribution in [3.05, 3.63) is 23.8 Å². The van der Waals surface area contributed by atoms with E-state index in [1.165, 1.54) is 31.3 Å². The number of ether oxygens (including phenoxy) is 1. The molecule has 7 aliphatic rings. The van der Waals surface area contributed by atoms with Gasteiger partial charge in [-0.25, -0.2) is 0 Å². The molecule has 4 saturated carbocycles. The maximum absolute atomic E-state index is 12.3. The lowest BCUT2D eigenvalue weighted by atomic mass is 9.45. The fourth-order valence-corrected chi connectivity index (χ4v) is 9.34. The van der Waals surface area contributed by atoms with Crippen LogP contribution in [0, 0.1) is 45.8 Å². The Labute approximate surface area is 167 Å². The number of ketones is 1. The first kappa shape index (κ1) is 16.4. The van der Waals surface area contributed by atoms with Gasteiger partial charge in [0.25, 0.3) is 0 Å². The molecule has 0 aromatic heterocycles. The van der Waals surface area contributed by atoms with Crippen LogP contribution < -0.4 is 0 Å².